The second-order valence-electron chi connectivity index (χ2n) is 4.50. The number of rotatable bonds is 5. The average molecular weight is 274 g/mol. The Balaban J connectivity index is 2.07. The molecule has 0 amide bonds. The summed E-state index contributed by atoms with van der Waals surface area (Å²) in [5.41, 5.74) is 2.04. The maximum atomic E-state index is 13.4. The molecule has 0 fully saturated rings. The van der Waals surface area contributed by atoms with Gasteiger partial charge in [0.15, 0.2) is 0 Å². The van der Waals surface area contributed by atoms with Crippen LogP contribution >= 0.6 is 0 Å². The highest BCUT2D eigenvalue weighted by Crippen LogP contribution is 2.27. The maximum Gasteiger partial charge on any atom is 0.327 e. The Morgan fingerprint density at radius 2 is 1.95 bits per heavy atom. The molecule has 2 aromatic carbocycles. The number of nitro groups is 1. The van der Waals surface area contributed by atoms with Crippen LogP contribution in [0.15, 0.2) is 42.5 Å². The van der Waals surface area contributed by atoms with E-state index >= 15 is 0 Å². The zero-order valence-electron chi connectivity index (χ0n) is 11.1. The lowest BCUT2D eigenvalue weighted by atomic mass is 10.1. The number of nitro benzene ring substituents is 1. The second-order valence-corrected chi connectivity index (χ2v) is 4.50. The maximum absolute atomic E-state index is 13.4. The molecular formula is C15H15FN2O2. The zero-order chi connectivity index (χ0) is 14.5. The Morgan fingerprint density at radius 3 is 2.65 bits per heavy atom. The molecule has 0 aliphatic carbocycles. The van der Waals surface area contributed by atoms with Crippen LogP contribution in [0.3, 0.4) is 0 Å². The van der Waals surface area contributed by atoms with Gasteiger partial charge in [-0.1, -0.05) is 30.3 Å². The van der Waals surface area contributed by atoms with Crippen molar-refractivity contribution >= 4 is 11.4 Å². The molecule has 0 spiro atoms. The van der Waals surface area contributed by atoms with Gasteiger partial charge in [0.25, 0.3) is 0 Å². The number of nitrogens with zero attached hydrogens (tertiary/aromatic N) is 1. The highest BCUT2D eigenvalue weighted by molar-refractivity contribution is 5.61. The fourth-order valence-corrected chi connectivity index (χ4v) is 2.07. The van der Waals surface area contributed by atoms with Gasteiger partial charge in [0, 0.05) is 6.54 Å². The first-order valence-electron chi connectivity index (χ1n) is 6.31. The minimum absolute atomic E-state index is 0.212. The van der Waals surface area contributed by atoms with E-state index in [0.29, 0.717) is 6.54 Å². The molecule has 2 rings (SSSR count). The largest absolute Gasteiger partial charge is 0.379 e. The monoisotopic (exact) mass is 274 g/mol. The number of benzene rings is 2. The van der Waals surface area contributed by atoms with Crippen molar-refractivity contribution in [1.82, 2.24) is 0 Å². The van der Waals surface area contributed by atoms with Crippen LogP contribution in [-0.4, -0.2) is 11.5 Å². The quantitative estimate of drug-likeness (QED) is 0.668. The van der Waals surface area contributed by atoms with Crippen molar-refractivity contribution in [2.45, 2.75) is 13.3 Å². The summed E-state index contributed by atoms with van der Waals surface area (Å²) in [5.74, 6) is -0.823. The Hall–Kier alpha value is -2.43. The third-order valence-electron chi connectivity index (χ3n) is 3.14. The normalized spacial score (nSPS) is 10.3. The first-order chi connectivity index (χ1) is 9.59. The molecule has 2 aromatic rings. The van der Waals surface area contributed by atoms with E-state index in [0.717, 1.165) is 12.5 Å². The predicted octanol–water partition coefficient (Wildman–Crippen LogP) is 3.70. The lowest BCUT2D eigenvalue weighted by Gasteiger charge is -2.09. The van der Waals surface area contributed by atoms with E-state index in [-0.39, 0.29) is 5.69 Å². The van der Waals surface area contributed by atoms with Crippen molar-refractivity contribution < 1.29 is 9.31 Å². The summed E-state index contributed by atoms with van der Waals surface area (Å²) in [6, 6.07) is 12.0. The number of hydrogen-bond acceptors (Lipinski definition) is 3. The summed E-state index contributed by atoms with van der Waals surface area (Å²) in [7, 11) is 0. The fraction of sp³-hybridized carbons (Fsp3) is 0.200. The Bertz CT molecular complexity index is 629. The summed E-state index contributed by atoms with van der Waals surface area (Å²) in [4.78, 5) is 10.2. The van der Waals surface area contributed by atoms with Crippen molar-refractivity contribution in [2.24, 2.45) is 0 Å². The van der Waals surface area contributed by atoms with Crippen molar-refractivity contribution in [3.63, 3.8) is 0 Å². The first-order valence-corrected chi connectivity index (χ1v) is 6.31. The van der Waals surface area contributed by atoms with Crippen LogP contribution < -0.4 is 5.32 Å². The third kappa shape index (κ3) is 3.12. The molecule has 0 aliphatic heterocycles. The van der Waals surface area contributed by atoms with Crippen molar-refractivity contribution in [3.8, 4) is 0 Å². The third-order valence-corrected chi connectivity index (χ3v) is 3.14. The van der Waals surface area contributed by atoms with Crippen LogP contribution in [0, 0.1) is 22.9 Å². The molecule has 0 aromatic heterocycles. The van der Waals surface area contributed by atoms with E-state index in [9.17, 15) is 14.5 Å². The van der Waals surface area contributed by atoms with Crippen LogP contribution in [0.5, 0.6) is 0 Å². The lowest BCUT2D eigenvalue weighted by molar-refractivity contribution is -0.386. The van der Waals surface area contributed by atoms with Crippen LogP contribution in [0.4, 0.5) is 15.8 Å². The van der Waals surface area contributed by atoms with Gasteiger partial charge < -0.3 is 5.32 Å². The van der Waals surface area contributed by atoms with E-state index in [1.54, 1.807) is 0 Å². The van der Waals surface area contributed by atoms with Gasteiger partial charge in [0.2, 0.25) is 5.82 Å². The predicted molar refractivity (Wildman–Crippen MR) is 76.4 cm³/mol. The van der Waals surface area contributed by atoms with Gasteiger partial charge in [-0.2, -0.15) is 4.39 Å². The number of nitrogens with one attached hydrogen (secondary N) is 1. The smallest absolute Gasteiger partial charge is 0.327 e. The van der Waals surface area contributed by atoms with Gasteiger partial charge in [-0.3, -0.25) is 10.1 Å². The zero-order valence-corrected chi connectivity index (χ0v) is 11.1. The van der Waals surface area contributed by atoms with Crippen LogP contribution in [-0.2, 0) is 6.42 Å². The van der Waals surface area contributed by atoms with E-state index in [2.05, 4.69) is 5.32 Å². The summed E-state index contributed by atoms with van der Waals surface area (Å²) in [6.07, 6.45) is 0.723. The number of aryl methyl sites for hydroxylation is 1. The summed E-state index contributed by atoms with van der Waals surface area (Å²) < 4.78 is 13.4. The van der Waals surface area contributed by atoms with Gasteiger partial charge >= 0.3 is 5.69 Å². The molecule has 20 heavy (non-hydrogen) atoms. The molecule has 104 valence electrons. The summed E-state index contributed by atoms with van der Waals surface area (Å²) in [6.45, 7) is 2.52. The Morgan fingerprint density at radius 1 is 1.20 bits per heavy atom. The Kier molecular flexibility index (Phi) is 4.30. The van der Waals surface area contributed by atoms with E-state index in [4.69, 9.17) is 0 Å². The SMILES string of the molecule is Cc1ccccc1CCNc1cccc(F)c1[N+](=O)[O-]. The highest BCUT2D eigenvalue weighted by Gasteiger charge is 2.19. The second kappa shape index (κ2) is 6.14. The van der Waals surface area contributed by atoms with Gasteiger partial charge in [-0.15, -0.1) is 0 Å². The molecule has 0 bridgehead atoms. The molecule has 0 saturated heterocycles. The first kappa shape index (κ1) is 14.0. The van der Waals surface area contributed by atoms with Crippen LogP contribution in [0.2, 0.25) is 0 Å². The minimum Gasteiger partial charge on any atom is -0.379 e. The fourth-order valence-electron chi connectivity index (χ4n) is 2.07. The molecule has 0 saturated carbocycles. The van der Waals surface area contributed by atoms with E-state index in [1.165, 1.54) is 23.3 Å². The van der Waals surface area contributed by atoms with Crippen molar-refractivity contribution in [2.75, 3.05) is 11.9 Å². The van der Waals surface area contributed by atoms with E-state index in [1.807, 2.05) is 31.2 Å². The minimum atomic E-state index is -0.823. The average Bonchev–Trinajstić information content (AvgIpc) is 2.40. The topological polar surface area (TPSA) is 55.2 Å². The lowest BCUT2D eigenvalue weighted by Crippen LogP contribution is -2.08. The van der Waals surface area contributed by atoms with Gasteiger partial charge in [0.05, 0.1) is 4.92 Å². The van der Waals surface area contributed by atoms with Crippen molar-refractivity contribution in [1.29, 1.82) is 0 Å². The number of halogens is 1. The van der Waals surface area contributed by atoms with Crippen molar-refractivity contribution in [3.05, 3.63) is 69.5 Å². The molecule has 0 radical (unpaired) electrons. The standard InChI is InChI=1S/C15H15FN2O2/c1-11-5-2-3-6-12(11)9-10-17-14-8-4-7-13(16)15(14)18(19)20/h2-8,17H,9-10H2,1H3. The molecule has 5 heteroatoms. The molecule has 0 atom stereocenters. The Labute approximate surface area is 116 Å². The summed E-state index contributed by atoms with van der Waals surface area (Å²) >= 11 is 0. The highest BCUT2D eigenvalue weighted by atomic mass is 19.1. The van der Waals surface area contributed by atoms with Crippen LogP contribution in [0.25, 0.3) is 0 Å². The van der Waals surface area contributed by atoms with Gasteiger partial charge in [-0.05, 0) is 36.6 Å². The van der Waals surface area contributed by atoms with Gasteiger partial charge in [-0.25, -0.2) is 0 Å². The van der Waals surface area contributed by atoms with Crippen LogP contribution in [0.1, 0.15) is 11.1 Å². The molecule has 0 aliphatic rings. The summed E-state index contributed by atoms with van der Waals surface area (Å²) in [5, 5.41) is 13.8. The molecule has 4 nitrogen and oxygen atoms in total. The molecule has 0 unspecified atom stereocenters. The van der Waals surface area contributed by atoms with E-state index < -0.39 is 16.4 Å². The number of anilines is 1. The number of hydrogen-bond donors (Lipinski definition) is 1. The number of para-hydroxylation sites is 1. The molecule has 1 N–H and O–H groups in total. The molecular weight excluding hydrogens is 259 g/mol. The van der Waals surface area contributed by atoms with Gasteiger partial charge in [0.1, 0.15) is 5.69 Å². The molecule has 0 heterocycles.